The fourth-order valence-corrected chi connectivity index (χ4v) is 3.02. The van der Waals surface area contributed by atoms with Crippen LogP contribution in [0.1, 0.15) is 27.8 Å². The van der Waals surface area contributed by atoms with Gasteiger partial charge in [0.05, 0.1) is 7.11 Å². The molecule has 2 rings (SSSR count). The van der Waals surface area contributed by atoms with Crippen molar-refractivity contribution in [2.24, 2.45) is 0 Å². The van der Waals surface area contributed by atoms with Crippen LogP contribution in [-0.2, 0) is 0 Å². The molecule has 0 aliphatic heterocycles. The first kappa shape index (κ1) is 14.7. The van der Waals surface area contributed by atoms with Gasteiger partial charge in [0, 0.05) is 0 Å². The van der Waals surface area contributed by atoms with Crippen molar-refractivity contribution < 1.29 is 4.74 Å². The average molecular weight is 266 g/mol. The van der Waals surface area contributed by atoms with Crippen LogP contribution in [0.3, 0.4) is 0 Å². The molecule has 0 aliphatic rings. The standard InChI is InChI=1S/C18H23BO/c1-11-7-12(2)17(13(3)8-11)19-18-14(4)9-16(20-6)10-15(18)5/h7-10,19H,1-6H3. The molecule has 0 aliphatic carbocycles. The molecule has 2 aromatic rings. The van der Waals surface area contributed by atoms with E-state index in [4.69, 9.17) is 4.74 Å². The molecule has 2 aromatic carbocycles. The maximum atomic E-state index is 5.34. The smallest absolute Gasteiger partial charge is 0.193 e. The molecule has 104 valence electrons. The number of aryl methyl sites for hydroxylation is 5. The molecule has 0 radical (unpaired) electrons. The molecule has 0 heterocycles. The van der Waals surface area contributed by atoms with Crippen LogP contribution in [0.15, 0.2) is 24.3 Å². The third-order valence-corrected chi connectivity index (χ3v) is 4.10. The fraction of sp³-hybridized carbons (Fsp3) is 0.333. The van der Waals surface area contributed by atoms with Crippen LogP contribution in [0.2, 0.25) is 0 Å². The Balaban J connectivity index is 2.45. The van der Waals surface area contributed by atoms with Crippen molar-refractivity contribution in [1.29, 1.82) is 0 Å². The number of hydrogen-bond donors (Lipinski definition) is 0. The first-order valence-corrected chi connectivity index (χ1v) is 7.13. The van der Waals surface area contributed by atoms with E-state index in [-0.39, 0.29) is 0 Å². The number of methoxy groups -OCH3 is 1. The van der Waals surface area contributed by atoms with Crippen LogP contribution in [0.5, 0.6) is 5.75 Å². The summed E-state index contributed by atoms with van der Waals surface area (Å²) >= 11 is 0. The first-order chi connectivity index (χ1) is 9.42. The fourth-order valence-electron chi connectivity index (χ4n) is 3.02. The first-order valence-electron chi connectivity index (χ1n) is 7.13. The van der Waals surface area contributed by atoms with E-state index in [0.29, 0.717) is 0 Å². The summed E-state index contributed by atoms with van der Waals surface area (Å²) in [6.07, 6.45) is 0. The van der Waals surface area contributed by atoms with Gasteiger partial charge in [0.25, 0.3) is 0 Å². The summed E-state index contributed by atoms with van der Waals surface area (Å²) < 4.78 is 5.34. The number of ether oxygens (including phenoxy) is 1. The minimum Gasteiger partial charge on any atom is -0.497 e. The van der Waals surface area contributed by atoms with Crippen LogP contribution in [-0.4, -0.2) is 14.4 Å². The Morgan fingerprint density at radius 2 is 1.10 bits per heavy atom. The molecule has 0 fully saturated rings. The molecule has 0 aromatic heterocycles. The van der Waals surface area contributed by atoms with Gasteiger partial charge < -0.3 is 4.74 Å². The van der Waals surface area contributed by atoms with Gasteiger partial charge in [-0.05, 0) is 46.8 Å². The molecule has 0 bridgehead atoms. The molecule has 0 atom stereocenters. The number of rotatable bonds is 3. The Bertz CT molecular complexity index is 598. The van der Waals surface area contributed by atoms with Crippen molar-refractivity contribution in [2.45, 2.75) is 34.6 Å². The monoisotopic (exact) mass is 266 g/mol. The highest BCUT2D eigenvalue weighted by atomic mass is 16.5. The second-order valence-corrected chi connectivity index (χ2v) is 5.79. The van der Waals surface area contributed by atoms with Crippen molar-refractivity contribution in [3.8, 4) is 5.75 Å². The molecular weight excluding hydrogens is 243 g/mol. The summed E-state index contributed by atoms with van der Waals surface area (Å²) in [6, 6.07) is 8.80. The van der Waals surface area contributed by atoms with Crippen LogP contribution >= 0.6 is 0 Å². The average Bonchev–Trinajstić information content (AvgIpc) is 2.35. The van der Waals surface area contributed by atoms with Crippen molar-refractivity contribution in [3.05, 3.63) is 52.1 Å². The van der Waals surface area contributed by atoms with E-state index < -0.39 is 0 Å². The maximum absolute atomic E-state index is 5.34. The van der Waals surface area contributed by atoms with Crippen LogP contribution in [0.25, 0.3) is 0 Å². The largest absolute Gasteiger partial charge is 0.497 e. The Morgan fingerprint density at radius 1 is 0.700 bits per heavy atom. The minimum atomic E-state index is 0.945. The molecule has 0 saturated carbocycles. The molecule has 0 unspecified atom stereocenters. The minimum absolute atomic E-state index is 0.945. The zero-order valence-electron chi connectivity index (χ0n) is 13.4. The molecule has 0 spiro atoms. The van der Waals surface area contributed by atoms with Gasteiger partial charge in [0.1, 0.15) is 5.75 Å². The van der Waals surface area contributed by atoms with Crippen LogP contribution in [0, 0.1) is 34.6 Å². The summed E-state index contributed by atoms with van der Waals surface area (Å²) in [5, 5.41) is 0. The molecule has 0 saturated heterocycles. The highest BCUT2D eigenvalue weighted by Crippen LogP contribution is 2.14. The molecular formula is C18H23BO. The molecule has 2 heteroatoms. The SMILES string of the molecule is COc1cc(C)c(Bc2c(C)cc(C)cc2C)c(C)c1. The van der Waals surface area contributed by atoms with Gasteiger partial charge in [-0.1, -0.05) is 50.9 Å². The number of benzene rings is 2. The molecule has 1 nitrogen and oxygen atoms in total. The van der Waals surface area contributed by atoms with Crippen molar-refractivity contribution in [1.82, 2.24) is 0 Å². The Labute approximate surface area is 123 Å². The zero-order chi connectivity index (χ0) is 14.9. The van der Waals surface area contributed by atoms with Crippen molar-refractivity contribution in [2.75, 3.05) is 7.11 Å². The second-order valence-electron chi connectivity index (χ2n) is 5.79. The van der Waals surface area contributed by atoms with E-state index in [9.17, 15) is 0 Å². The summed E-state index contributed by atoms with van der Waals surface area (Å²) in [5.41, 5.74) is 9.59. The predicted molar refractivity (Wildman–Crippen MR) is 89.5 cm³/mol. The summed E-state index contributed by atoms with van der Waals surface area (Å²) in [5.74, 6) is 0.945. The van der Waals surface area contributed by atoms with Crippen molar-refractivity contribution >= 4 is 18.2 Å². The van der Waals surface area contributed by atoms with Crippen molar-refractivity contribution in [3.63, 3.8) is 0 Å². The zero-order valence-corrected chi connectivity index (χ0v) is 13.4. The van der Waals surface area contributed by atoms with Gasteiger partial charge >= 0.3 is 0 Å². The van der Waals surface area contributed by atoms with Gasteiger partial charge in [-0.2, -0.15) is 0 Å². The van der Waals surface area contributed by atoms with Gasteiger partial charge in [-0.15, -0.1) is 0 Å². The summed E-state index contributed by atoms with van der Waals surface area (Å²) in [6.45, 7) is 10.9. The third-order valence-electron chi connectivity index (χ3n) is 4.10. The third kappa shape index (κ3) is 2.90. The van der Waals surface area contributed by atoms with E-state index in [1.54, 1.807) is 7.11 Å². The summed E-state index contributed by atoms with van der Waals surface area (Å²) in [4.78, 5) is 0. The Kier molecular flexibility index (Phi) is 4.22. The topological polar surface area (TPSA) is 9.23 Å². The lowest BCUT2D eigenvalue weighted by Gasteiger charge is -2.15. The van der Waals surface area contributed by atoms with E-state index >= 15 is 0 Å². The van der Waals surface area contributed by atoms with E-state index in [2.05, 4.69) is 58.9 Å². The van der Waals surface area contributed by atoms with Crippen LogP contribution in [0.4, 0.5) is 0 Å². The summed E-state index contributed by atoms with van der Waals surface area (Å²) in [7, 11) is 2.72. The molecule has 0 N–H and O–H groups in total. The van der Waals surface area contributed by atoms with E-state index in [1.165, 1.54) is 38.7 Å². The molecule has 0 amide bonds. The van der Waals surface area contributed by atoms with Gasteiger partial charge in [0.2, 0.25) is 0 Å². The molecule has 20 heavy (non-hydrogen) atoms. The normalized spacial score (nSPS) is 10.5. The quantitative estimate of drug-likeness (QED) is 0.776. The van der Waals surface area contributed by atoms with Gasteiger partial charge in [-0.3, -0.25) is 0 Å². The van der Waals surface area contributed by atoms with E-state index in [1.807, 2.05) is 0 Å². The Hall–Kier alpha value is -1.70. The Morgan fingerprint density at radius 3 is 1.50 bits per heavy atom. The van der Waals surface area contributed by atoms with Gasteiger partial charge in [-0.25, -0.2) is 0 Å². The predicted octanol–water partition coefficient (Wildman–Crippen LogP) is 2.62. The van der Waals surface area contributed by atoms with E-state index in [0.717, 1.165) is 13.0 Å². The lowest BCUT2D eigenvalue weighted by molar-refractivity contribution is 0.414. The van der Waals surface area contributed by atoms with Gasteiger partial charge in [0.15, 0.2) is 7.28 Å². The number of hydrogen-bond acceptors (Lipinski definition) is 1. The lowest BCUT2D eigenvalue weighted by atomic mass is 9.58. The second kappa shape index (κ2) is 5.74. The lowest BCUT2D eigenvalue weighted by Crippen LogP contribution is -2.34. The highest BCUT2D eigenvalue weighted by Gasteiger charge is 2.12. The maximum Gasteiger partial charge on any atom is 0.193 e. The highest BCUT2D eigenvalue weighted by molar-refractivity contribution is 6.69. The van der Waals surface area contributed by atoms with Crippen LogP contribution < -0.4 is 15.7 Å².